The van der Waals surface area contributed by atoms with E-state index in [4.69, 9.17) is 0 Å². The van der Waals surface area contributed by atoms with Gasteiger partial charge in [-0.3, -0.25) is 4.40 Å². The highest BCUT2D eigenvalue weighted by atomic mass is 16.4. The largest absolute Gasteiger partial charge is 0.476 e. The number of carboxylic acids is 1. The van der Waals surface area contributed by atoms with Gasteiger partial charge in [-0.25, -0.2) is 9.78 Å². The molecular formula is C14H17N3O3. The second-order valence-corrected chi connectivity index (χ2v) is 5.15. The predicted molar refractivity (Wildman–Crippen MR) is 74.2 cm³/mol. The van der Waals surface area contributed by atoms with Gasteiger partial charge in [0.15, 0.2) is 11.5 Å². The highest BCUT2D eigenvalue weighted by Gasteiger charge is 2.27. The monoisotopic (exact) mass is 275 g/mol. The number of aromatic nitrogens is 2. The van der Waals surface area contributed by atoms with Crippen molar-refractivity contribution in [3.05, 3.63) is 30.1 Å². The van der Waals surface area contributed by atoms with Crippen molar-refractivity contribution in [2.45, 2.75) is 12.8 Å². The SMILES string of the molecule is O=C(O)c1c(N2CCCC(CO)C2)nc2ccccn12. The minimum absolute atomic E-state index is 0.131. The summed E-state index contributed by atoms with van der Waals surface area (Å²) in [5.74, 6) is -0.290. The van der Waals surface area contributed by atoms with E-state index < -0.39 is 5.97 Å². The lowest BCUT2D eigenvalue weighted by Crippen LogP contribution is -2.37. The Bertz CT molecular complexity index is 638. The maximum atomic E-state index is 11.6. The van der Waals surface area contributed by atoms with Crippen LogP contribution in [0.3, 0.4) is 0 Å². The molecule has 0 saturated carbocycles. The molecular weight excluding hydrogens is 258 g/mol. The molecule has 3 heterocycles. The molecule has 0 aromatic carbocycles. The van der Waals surface area contributed by atoms with Crippen molar-refractivity contribution in [3.63, 3.8) is 0 Å². The summed E-state index contributed by atoms with van der Waals surface area (Å²) >= 11 is 0. The normalized spacial score (nSPS) is 19.4. The number of imidazole rings is 1. The summed E-state index contributed by atoms with van der Waals surface area (Å²) in [7, 11) is 0. The fraction of sp³-hybridized carbons (Fsp3) is 0.429. The molecule has 1 fully saturated rings. The Morgan fingerprint density at radius 2 is 2.30 bits per heavy atom. The van der Waals surface area contributed by atoms with Crippen LogP contribution in [0.15, 0.2) is 24.4 Å². The first-order chi connectivity index (χ1) is 9.70. The first kappa shape index (κ1) is 12.9. The summed E-state index contributed by atoms with van der Waals surface area (Å²) in [6.07, 6.45) is 3.63. The zero-order chi connectivity index (χ0) is 14.1. The number of aromatic carboxylic acids is 1. The molecule has 106 valence electrons. The Balaban J connectivity index is 2.06. The number of hydrogen-bond donors (Lipinski definition) is 2. The quantitative estimate of drug-likeness (QED) is 0.881. The number of carbonyl (C=O) groups is 1. The summed E-state index contributed by atoms with van der Waals surface area (Å²) < 4.78 is 1.60. The van der Waals surface area contributed by atoms with Gasteiger partial charge in [0.1, 0.15) is 5.65 Å². The molecule has 2 aromatic rings. The zero-order valence-corrected chi connectivity index (χ0v) is 11.1. The van der Waals surface area contributed by atoms with Crippen LogP contribution in [0.2, 0.25) is 0 Å². The number of pyridine rings is 1. The van der Waals surface area contributed by atoms with E-state index in [0.29, 0.717) is 18.0 Å². The molecule has 0 spiro atoms. The van der Waals surface area contributed by atoms with Gasteiger partial charge in [0, 0.05) is 25.9 Å². The fourth-order valence-corrected chi connectivity index (χ4v) is 2.81. The summed E-state index contributed by atoms with van der Waals surface area (Å²) in [5, 5.41) is 18.8. The molecule has 2 N–H and O–H groups in total. The van der Waals surface area contributed by atoms with E-state index >= 15 is 0 Å². The van der Waals surface area contributed by atoms with Crippen molar-refractivity contribution in [3.8, 4) is 0 Å². The lowest BCUT2D eigenvalue weighted by Gasteiger charge is -2.32. The van der Waals surface area contributed by atoms with Crippen molar-refractivity contribution in [1.29, 1.82) is 0 Å². The van der Waals surface area contributed by atoms with Gasteiger partial charge in [-0.05, 0) is 30.9 Å². The molecule has 20 heavy (non-hydrogen) atoms. The van der Waals surface area contributed by atoms with Crippen LogP contribution in [-0.2, 0) is 0 Å². The summed E-state index contributed by atoms with van der Waals surface area (Å²) in [6, 6.07) is 5.42. The van der Waals surface area contributed by atoms with Crippen LogP contribution < -0.4 is 4.90 Å². The summed E-state index contributed by atoms with van der Waals surface area (Å²) in [4.78, 5) is 18.0. The maximum Gasteiger partial charge on any atom is 0.356 e. The van der Waals surface area contributed by atoms with Crippen molar-refractivity contribution < 1.29 is 15.0 Å². The Morgan fingerprint density at radius 1 is 1.45 bits per heavy atom. The van der Waals surface area contributed by atoms with Gasteiger partial charge in [0.2, 0.25) is 0 Å². The molecule has 6 heteroatoms. The van der Waals surface area contributed by atoms with Crippen molar-refractivity contribution in [2.75, 3.05) is 24.6 Å². The van der Waals surface area contributed by atoms with E-state index in [1.807, 2.05) is 11.0 Å². The Hall–Kier alpha value is -2.08. The van der Waals surface area contributed by atoms with Crippen LogP contribution in [-0.4, -0.2) is 45.3 Å². The first-order valence-electron chi connectivity index (χ1n) is 6.77. The number of piperidine rings is 1. The number of anilines is 1. The van der Waals surface area contributed by atoms with Crippen LogP contribution in [0.25, 0.3) is 5.65 Å². The topological polar surface area (TPSA) is 78.1 Å². The molecule has 3 rings (SSSR count). The van der Waals surface area contributed by atoms with Crippen LogP contribution in [0.4, 0.5) is 5.82 Å². The van der Waals surface area contributed by atoms with E-state index in [1.54, 1.807) is 22.7 Å². The number of hydrogen-bond acceptors (Lipinski definition) is 4. The third-order valence-corrected chi connectivity index (χ3v) is 3.79. The number of aliphatic hydroxyl groups is 1. The van der Waals surface area contributed by atoms with Gasteiger partial charge in [-0.2, -0.15) is 0 Å². The van der Waals surface area contributed by atoms with Gasteiger partial charge >= 0.3 is 5.97 Å². The average Bonchev–Trinajstić information content (AvgIpc) is 2.87. The van der Waals surface area contributed by atoms with Gasteiger partial charge < -0.3 is 15.1 Å². The highest BCUT2D eigenvalue weighted by Crippen LogP contribution is 2.26. The fourth-order valence-electron chi connectivity index (χ4n) is 2.81. The van der Waals surface area contributed by atoms with E-state index in [1.165, 1.54) is 0 Å². The molecule has 1 saturated heterocycles. The maximum absolute atomic E-state index is 11.6. The second-order valence-electron chi connectivity index (χ2n) is 5.15. The minimum Gasteiger partial charge on any atom is -0.476 e. The van der Waals surface area contributed by atoms with Crippen LogP contribution >= 0.6 is 0 Å². The predicted octanol–water partition coefficient (Wildman–Crippen LogP) is 1.24. The average molecular weight is 275 g/mol. The zero-order valence-electron chi connectivity index (χ0n) is 11.1. The van der Waals surface area contributed by atoms with E-state index in [2.05, 4.69) is 4.98 Å². The van der Waals surface area contributed by atoms with Gasteiger partial charge in [-0.15, -0.1) is 0 Å². The molecule has 0 radical (unpaired) electrons. The summed E-state index contributed by atoms with van der Waals surface area (Å²) in [6.45, 7) is 1.56. The number of rotatable bonds is 3. The molecule has 1 unspecified atom stereocenters. The second kappa shape index (κ2) is 5.13. The smallest absolute Gasteiger partial charge is 0.356 e. The molecule has 2 aromatic heterocycles. The van der Waals surface area contributed by atoms with Crippen molar-refractivity contribution in [1.82, 2.24) is 9.38 Å². The lowest BCUT2D eigenvalue weighted by atomic mass is 9.99. The van der Waals surface area contributed by atoms with Crippen molar-refractivity contribution >= 4 is 17.4 Å². The molecule has 0 bridgehead atoms. The lowest BCUT2D eigenvalue weighted by molar-refractivity contribution is 0.0690. The number of nitrogens with zero attached hydrogens (tertiary/aromatic N) is 3. The highest BCUT2D eigenvalue weighted by molar-refractivity contribution is 5.93. The Kier molecular flexibility index (Phi) is 3.31. The molecule has 1 aliphatic heterocycles. The molecule has 1 aliphatic rings. The minimum atomic E-state index is -0.982. The standard InChI is InChI=1S/C14H17N3O3/c18-9-10-4-3-6-16(8-10)13-12(14(19)20)17-7-2-1-5-11(17)15-13/h1-2,5,7,10,18H,3-4,6,8-9H2,(H,19,20). The Morgan fingerprint density at radius 3 is 3.05 bits per heavy atom. The Labute approximate surface area is 116 Å². The van der Waals surface area contributed by atoms with Crippen LogP contribution in [0.5, 0.6) is 0 Å². The third kappa shape index (κ3) is 2.12. The number of carboxylic acid groups (broad SMARTS) is 1. The van der Waals surface area contributed by atoms with E-state index in [0.717, 1.165) is 19.4 Å². The van der Waals surface area contributed by atoms with Gasteiger partial charge in [0.05, 0.1) is 0 Å². The molecule has 1 atom stereocenters. The first-order valence-corrected chi connectivity index (χ1v) is 6.77. The third-order valence-electron chi connectivity index (χ3n) is 3.79. The van der Waals surface area contributed by atoms with Crippen LogP contribution in [0.1, 0.15) is 23.3 Å². The number of fused-ring (bicyclic) bond motifs is 1. The van der Waals surface area contributed by atoms with Crippen LogP contribution in [0, 0.1) is 5.92 Å². The van der Waals surface area contributed by atoms with Crippen molar-refractivity contribution in [2.24, 2.45) is 5.92 Å². The van der Waals surface area contributed by atoms with E-state index in [-0.39, 0.29) is 18.2 Å². The van der Waals surface area contributed by atoms with E-state index in [9.17, 15) is 15.0 Å². The summed E-state index contributed by atoms with van der Waals surface area (Å²) in [5.41, 5.74) is 0.824. The number of aliphatic hydroxyl groups excluding tert-OH is 1. The molecule has 0 amide bonds. The van der Waals surface area contributed by atoms with Gasteiger partial charge in [-0.1, -0.05) is 6.07 Å². The molecule has 6 nitrogen and oxygen atoms in total. The molecule has 0 aliphatic carbocycles. The van der Waals surface area contributed by atoms with Gasteiger partial charge in [0.25, 0.3) is 0 Å².